The fourth-order valence-corrected chi connectivity index (χ4v) is 8.39. The molecule has 0 saturated heterocycles. The Labute approximate surface area is 90.5 Å². The van der Waals surface area contributed by atoms with Gasteiger partial charge in [0, 0.05) is 14.2 Å². The molecule has 0 heterocycles. The Morgan fingerprint density at radius 2 is 1.25 bits per heavy atom. The maximum Gasteiger partial charge on any atom is 1.00 e. The van der Waals surface area contributed by atoms with Gasteiger partial charge in [0.15, 0.2) is 8.56 Å². The third-order valence-corrected chi connectivity index (χ3v) is 8.69. The van der Waals surface area contributed by atoms with Crippen molar-refractivity contribution in [3.05, 3.63) is 5.67 Å². The first-order valence-corrected chi connectivity index (χ1v) is 9.77. The summed E-state index contributed by atoms with van der Waals surface area (Å²) in [6.45, 7) is 8.94. The molecule has 68 valence electrons. The van der Waals surface area contributed by atoms with Crippen LogP contribution in [0.1, 0.15) is 0 Å². The summed E-state index contributed by atoms with van der Waals surface area (Å²) in [5.41, 5.74) is 2.32. The molecule has 0 bridgehead atoms. The predicted molar refractivity (Wildman–Crippen MR) is 53.3 cm³/mol. The van der Waals surface area contributed by atoms with Gasteiger partial charge >= 0.3 is 18.9 Å². The molecule has 0 aliphatic carbocycles. The number of hydrogen-bond acceptors (Lipinski definition) is 2. The molecule has 0 N–H and O–H groups in total. The van der Waals surface area contributed by atoms with Crippen LogP contribution < -0.4 is 18.9 Å². The van der Waals surface area contributed by atoms with Gasteiger partial charge in [-0.3, -0.25) is 5.67 Å². The molecule has 0 rings (SSSR count). The molecule has 0 aliphatic heterocycles. The molecule has 0 aliphatic rings. The molecule has 0 aromatic heterocycles. The standard InChI is InChI=1S/C7H19O2Si2.Li/c1-8-11(6,9-2)7-10(3,4)5;/h7H,1-6H3;/q-1;+1. The maximum absolute atomic E-state index is 5.36. The minimum Gasteiger partial charge on any atom is -0.421 e. The van der Waals surface area contributed by atoms with Crippen LogP contribution in [0, 0.1) is 5.67 Å². The number of rotatable bonds is 4. The summed E-state index contributed by atoms with van der Waals surface area (Å²) in [5.74, 6) is 0. The molecule has 0 radical (unpaired) electrons. The quantitative estimate of drug-likeness (QED) is 0.425. The zero-order valence-electron chi connectivity index (χ0n) is 9.39. The first-order chi connectivity index (χ1) is 4.83. The summed E-state index contributed by atoms with van der Waals surface area (Å²) in [5, 5.41) is 0. The molecule has 2 nitrogen and oxygen atoms in total. The molecule has 5 heteroatoms. The van der Waals surface area contributed by atoms with Crippen LogP contribution in [0.25, 0.3) is 0 Å². The van der Waals surface area contributed by atoms with Crippen LogP contribution in [0.5, 0.6) is 0 Å². The summed E-state index contributed by atoms with van der Waals surface area (Å²) in [7, 11) is 0.413. The summed E-state index contributed by atoms with van der Waals surface area (Å²) in [6, 6.07) is 0. The molecule has 0 spiro atoms. The maximum atomic E-state index is 5.36. The van der Waals surface area contributed by atoms with Gasteiger partial charge in [-0.1, -0.05) is 27.7 Å². The van der Waals surface area contributed by atoms with E-state index in [0.29, 0.717) is 0 Å². The van der Waals surface area contributed by atoms with Crippen LogP contribution in [-0.4, -0.2) is 30.9 Å². The molecule has 0 atom stereocenters. The second-order valence-electron chi connectivity index (χ2n) is 3.93. The van der Waals surface area contributed by atoms with E-state index in [4.69, 9.17) is 8.85 Å². The zero-order valence-corrected chi connectivity index (χ0v) is 11.4. The Hall–Kier alpha value is 0.951. The topological polar surface area (TPSA) is 18.5 Å². The van der Waals surface area contributed by atoms with Crippen molar-refractivity contribution in [2.75, 3.05) is 14.2 Å². The van der Waals surface area contributed by atoms with Gasteiger partial charge in [-0.15, -0.1) is 0 Å². The Morgan fingerprint density at radius 1 is 0.917 bits per heavy atom. The van der Waals surface area contributed by atoms with E-state index in [-0.39, 0.29) is 18.9 Å². The summed E-state index contributed by atoms with van der Waals surface area (Å²) in [6.07, 6.45) is 0. The summed E-state index contributed by atoms with van der Waals surface area (Å²) >= 11 is 0. The van der Waals surface area contributed by atoms with Gasteiger partial charge in [0.1, 0.15) is 0 Å². The van der Waals surface area contributed by atoms with Crippen LogP contribution in [0.2, 0.25) is 26.2 Å². The van der Waals surface area contributed by atoms with Gasteiger partial charge in [0.2, 0.25) is 0 Å². The monoisotopic (exact) mass is 198 g/mol. The zero-order chi connectivity index (χ0) is 9.12. The van der Waals surface area contributed by atoms with Crippen molar-refractivity contribution in [3.8, 4) is 0 Å². The van der Waals surface area contributed by atoms with Gasteiger partial charge in [-0.25, -0.2) is 0 Å². The van der Waals surface area contributed by atoms with Crippen molar-refractivity contribution in [1.82, 2.24) is 0 Å². The van der Waals surface area contributed by atoms with Crippen LogP contribution in [0.4, 0.5) is 0 Å². The molecule has 0 aromatic rings. The SMILES string of the molecule is CO[Si](C)([CH-][Si](C)(C)C)OC.[Li+]. The fraction of sp³-hybridized carbons (Fsp3) is 0.857. The largest absolute Gasteiger partial charge is 1.00 e. The summed E-state index contributed by atoms with van der Waals surface area (Å²) in [4.78, 5) is 0. The third-order valence-electron chi connectivity index (χ3n) is 1.51. The summed E-state index contributed by atoms with van der Waals surface area (Å²) < 4.78 is 10.7. The van der Waals surface area contributed by atoms with Crippen molar-refractivity contribution >= 4 is 16.6 Å². The molecular formula is C7H19LiO2Si2. The van der Waals surface area contributed by atoms with Crippen LogP contribution in [-0.2, 0) is 8.85 Å². The van der Waals surface area contributed by atoms with E-state index >= 15 is 0 Å². The Kier molecular flexibility index (Phi) is 7.24. The predicted octanol–water partition coefficient (Wildman–Crippen LogP) is -1.02. The molecule has 0 amide bonds. The van der Waals surface area contributed by atoms with E-state index in [1.165, 1.54) is 0 Å². The minimum atomic E-state index is -1.90. The van der Waals surface area contributed by atoms with Gasteiger partial charge < -0.3 is 8.85 Å². The van der Waals surface area contributed by atoms with Crippen molar-refractivity contribution < 1.29 is 27.7 Å². The smallest absolute Gasteiger partial charge is 0.421 e. The van der Waals surface area contributed by atoms with E-state index in [1.807, 2.05) is 0 Å². The molecular weight excluding hydrogens is 179 g/mol. The van der Waals surface area contributed by atoms with Crippen LogP contribution in [0.15, 0.2) is 0 Å². The van der Waals surface area contributed by atoms with Crippen LogP contribution in [0.3, 0.4) is 0 Å². The van der Waals surface area contributed by atoms with E-state index < -0.39 is 16.6 Å². The second-order valence-corrected chi connectivity index (χ2v) is 12.7. The molecule has 0 aromatic carbocycles. The third kappa shape index (κ3) is 6.47. The Bertz CT molecular complexity index is 121. The molecule has 0 fully saturated rings. The first-order valence-electron chi connectivity index (χ1n) is 3.80. The second kappa shape index (κ2) is 5.63. The van der Waals surface area contributed by atoms with Gasteiger partial charge in [0.05, 0.1) is 0 Å². The molecule has 0 saturated carbocycles. The average Bonchev–Trinajstić information content (AvgIpc) is 1.84. The molecule has 0 unspecified atom stereocenters. The first kappa shape index (κ1) is 15.4. The Morgan fingerprint density at radius 3 is 1.33 bits per heavy atom. The van der Waals surface area contributed by atoms with E-state index in [9.17, 15) is 0 Å². The van der Waals surface area contributed by atoms with Gasteiger partial charge in [0.25, 0.3) is 0 Å². The van der Waals surface area contributed by atoms with Crippen molar-refractivity contribution in [3.63, 3.8) is 0 Å². The van der Waals surface area contributed by atoms with E-state index in [2.05, 4.69) is 31.9 Å². The fourth-order valence-electron chi connectivity index (χ4n) is 0.988. The molecule has 12 heavy (non-hydrogen) atoms. The van der Waals surface area contributed by atoms with Gasteiger partial charge in [-0.05, 0) is 6.55 Å². The minimum absolute atomic E-state index is 0. The van der Waals surface area contributed by atoms with Crippen molar-refractivity contribution in [1.29, 1.82) is 0 Å². The van der Waals surface area contributed by atoms with Gasteiger partial charge in [-0.2, -0.15) is 0 Å². The average molecular weight is 198 g/mol. The van der Waals surface area contributed by atoms with E-state index in [0.717, 1.165) is 0 Å². The van der Waals surface area contributed by atoms with E-state index in [1.54, 1.807) is 14.2 Å². The van der Waals surface area contributed by atoms with Crippen molar-refractivity contribution in [2.24, 2.45) is 0 Å². The van der Waals surface area contributed by atoms with Crippen molar-refractivity contribution in [2.45, 2.75) is 26.2 Å². The Balaban J connectivity index is 0. The van der Waals surface area contributed by atoms with Crippen LogP contribution >= 0.6 is 0 Å². The normalized spacial score (nSPS) is 12.5. The number of hydrogen-bond donors (Lipinski definition) is 0.